The fourth-order valence-electron chi connectivity index (χ4n) is 3.37. The van der Waals surface area contributed by atoms with E-state index in [-0.39, 0.29) is 11.2 Å². The van der Waals surface area contributed by atoms with Crippen LogP contribution in [0.5, 0.6) is 0 Å². The molecule has 0 spiro atoms. The third kappa shape index (κ3) is 2.78. The lowest BCUT2D eigenvalue weighted by molar-refractivity contribution is 0.632. The second kappa shape index (κ2) is 5.95. The van der Waals surface area contributed by atoms with Gasteiger partial charge < -0.3 is 4.57 Å². The highest BCUT2D eigenvalue weighted by atomic mass is 16.2. The molecular weight excluding hydrogens is 276 g/mol. The van der Waals surface area contributed by atoms with Crippen LogP contribution in [0.4, 0.5) is 0 Å². The van der Waals surface area contributed by atoms with Crippen molar-refractivity contribution in [3.63, 3.8) is 0 Å². The first kappa shape index (κ1) is 14.8. The maximum atomic E-state index is 12.2. The van der Waals surface area contributed by atoms with Crippen molar-refractivity contribution >= 4 is 0 Å². The summed E-state index contributed by atoms with van der Waals surface area (Å²) in [6.45, 7) is 2.07. The highest BCUT2D eigenvalue weighted by molar-refractivity contribution is 5.26. The van der Waals surface area contributed by atoms with Gasteiger partial charge in [0.1, 0.15) is 0 Å². The molecule has 0 N–H and O–H groups in total. The number of rotatable bonds is 3. The average molecular weight is 298 g/mol. The van der Waals surface area contributed by atoms with E-state index in [1.54, 1.807) is 20.2 Å². The van der Waals surface area contributed by atoms with E-state index >= 15 is 0 Å². The van der Waals surface area contributed by atoms with Gasteiger partial charge in [-0.15, -0.1) is 0 Å². The Labute approximate surface area is 130 Å². The summed E-state index contributed by atoms with van der Waals surface area (Å²) in [5.41, 5.74) is 2.49. The number of benzene rings is 1. The fraction of sp³-hybridized carbons (Fsp3) is 0.444. The van der Waals surface area contributed by atoms with E-state index in [0.717, 1.165) is 5.56 Å². The summed E-state index contributed by atoms with van der Waals surface area (Å²) in [6, 6.07) is 8.39. The van der Waals surface area contributed by atoms with Crippen LogP contribution >= 0.6 is 0 Å². The molecule has 1 aromatic carbocycles. The molecule has 1 aliphatic rings. The quantitative estimate of drug-likeness (QED) is 0.874. The zero-order valence-corrected chi connectivity index (χ0v) is 13.2. The van der Waals surface area contributed by atoms with Gasteiger partial charge in [-0.1, -0.05) is 37.1 Å². The summed E-state index contributed by atoms with van der Waals surface area (Å²) in [4.78, 5) is 24.3. The van der Waals surface area contributed by atoms with Gasteiger partial charge in [0.2, 0.25) is 0 Å². The zero-order valence-electron chi connectivity index (χ0n) is 13.2. The number of hydrogen-bond acceptors (Lipinski definition) is 2. The minimum absolute atomic E-state index is 0.206. The lowest BCUT2D eigenvalue weighted by Crippen LogP contribution is -2.39. The molecule has 1 aliphatic carbocycles. The van der Waals surface area contributed by atoms with Gasteiger partial charge in [0.15, 0.2) is 0 Å². The molecule has 0 saturated heterocycles. The summed E-state index contributed by atoms with van der Waals surface area (Å²) < 4.78 is 2.77. The topological polar surface area (TPSA) is 44.0 Å². The summed E-state index contributed by atoms with van der Waals surface area (Å²) in [5, 5.41) is 0. The van der Waals surface area contributed by atoms with E-state index in [2.05, 4.69) is 12.1 Å². The van der Waals surface area contributed by atoms with Gasteiger partial charge in [0, 0.05) is 18.8 Å². The molecule has 0 unspecified atom stereocenters. The first-order chi connectivity index (χ1) is 10.6. The minimum atomic E-state index is -0.268. The van der Waals surface area contributed by atoms with Crippen LogP contribution in [0, 0.1) is 6.92 Å². The first-order valence-corrected chi connectivity index (χ1v) is 7.92. The van der Waals surface area contributed by atoms with Gasteiger partial charge >= 0.3 is 5.69 Å². The van der Waals surface area contributed by atoms with Crippen molar-refractivity contribution in [3.8, 4) is 0 Å². The zero-order chi connectivity index (χ0) is 15.7. The Kier molecular flexibility index (Phi) is 4.01. The van der Waals surface area contributed by atoms with Crippen molar-refractivity contribution in [2.24, 2.45) is 7.05 Å². The van der Waals surface area contributed by atoms with Gasteiger partial charge in [-0.25, -0.2) is 4.79 Å². The average Bonchev–Trinajstić information content (AvgIpc) is 3.05. The van der Waals surface area contributed by atoms with Crippen molar-refractivity contribution in [2.75, 3.05) is 0 Å². The molecule has 3 rings (SSSR count). The SMILES string of the molecule is Cc1cn(C)c(=O)n(Cc2ccc(C3CCCC3)cc2)c1=O. The molecule has 22 heavy (non-hydrogen) atoms. The Morgan fingerprint density at radius 3 is 2.36 bits per heavy atom. The molecule has 0 aliphatic heterocycles. The van der Waals surface area contributed by atoms with E-state index in [0.29, 0.717) is 18.0 Å². The van der Waals surface area contributed by atoms with E-state index in [1.165, 1.54) is 40.4 Å². The highest BCUT2D eigenvalue weighted by Crippen LogP contribution is 2.33. The van der Waals surface area contributed by atoms with Crippen LogP contribution in [-0.4, -0.2) is 9.13 Å². The molecule has 0 amide bonds. The molecule has 0 atom stereocenters. The molecule has 1 aromatic heterocycles. The predicted molar refractivity (Wildman–Crippen MR) is 87.4 cm³/mol. The number of nitrogens with zero attached hydrogens (tertiary/aromatic N) is 2. The monoisotopic (exact) mass is 298 g/mol. The van der Waals surface area contributed by atoms with Crippen LogP contribution in [0.15, 0.2) is 40.1 Å². The number of aromatic nitrogens is 2. The maximum absolute atomic E-state index is 12.2. The largest absolute Gasteiger partial charge is 0.331 e. The fourth-order valence-corrected chi connectivity index (χ4v) is 3.37. The molecule has 4 heteroatoms. The van der Waals surface area contributed by atoms with Crippen LogP contribution in [0.2, 0.25) is 0 Å². The van der Waals surface area contributed by atoms with Crippen LogP contribution in [0.3, 0.4) is 0 Å². The molecule has 1 saturated carbocycles. The molecule has 0 radical (unpaired) electrons. The smallest absolute Gasteiger partial charge is 0.303 e. The predicted octanol–water partition coefficient (Wildman–Crippen LogP) is 2.56. The second-order valence-electron chi connectivity index (χ2n) is 6.32. The van der Waals surface area contributed by atoms with Gasteiger partial charge in [-0.05, 0) is 36.8 Å². The van der Waals surface area contributed by atoms with Gasteiger partial charge in [0.05, 0.1) is 6.54 Å². The van der Waals surface area contributed by atoms with E-state index in [9.17, 15) is 9.59 Å². The van der Waals surface area contributed by atoms with Crippen molar-refractivity contribution in [3.05, 3.63) is 68.0 Å². The standard InChI is InChI=1S/C18H22N2O2/c1-13-11-19(2)18(22)20(17(13)21)12-14-7-9-16(10-8-14)15-5-3-4-6-15/h7-11,15H,3-6,12H2,1-2H3. The molecular formula is C18H22N2O2. The van der Waals surface area contributed by atoms with Crippen LogP contribution in [0.25, 0.3) is 0 Å². The molecule has 1 heterocycles. The van der Waals surface area contributed by atoms with Gasteiger partial charge in [-0.3, -0.25) is 9.36 Å². The number of hydrogen-bond donors (Lipinski definition) is 0. The Morgan fingerprint density at radius 2 is 1.73 bits per heavy atom. The van der Waals surface area contributed by atoms with E-state index < -0.39 is 0 Å². The van der Waals surface area contributed by atoms with Crippen LogP contribution < -0.4 is 11.2 Å². The van der Waals surface area contributed by atoms with Crippen molar-refractivity contribution in [2.45, 2.75) is 45.1 Å². The van der Waals surface area contributed by atoms with Gasteiger partial charge in [-0.2, -0.15) is 0 Å². The maximum Gasteiger partial charge on any atom is 0.331 e. The summed E-state index contributed by atoms with van der Waals surface area (Å²) in [6.07, 6.45) is 6.78. The summed E-state index contributed by atoms with van der Waals surface area (Å²) >= 11 is 0. The summed E-state index contributed by atoms with van der Waals surface area (Å²) in [7, 11) is 1.68. The first-order valence-electron chi connectivity index (χ1n) is 7.92. The Balaban J connectivity index is 1.88. The summed E-state index contributed by atoms with van der Waals surface area (Å²) in [5.74, 6) is 0.684. The van der Waals surface area contributed by atoms with Crippen LogP contribution in [-0.2, 0) is 13.6 Å². The van der Waals surface area contributed by atoms with Gasteiger partial charge in [0.25, 0.3) is 5.56 Å². The van der Waals surface area contributed by atoms with Crippen LogP contribution in [0.1, 0.15) is 48.3 Å². The van der Waals surface area contributed by atoms with E-state index in [4.69, 9.17) is 0 Å². The molecule has 116 valence electrons. The highest BCUT2D eigenvalue weighted by Gasteiger charge is 2.16. The molecule has 0 bridgehead atoms. The molecule has 4 nitrogen and oxygen atoms in total. The third-order valence-corrected chi connectivity index (χ3v) is 4.65. The van der Waals surface area contributed by atoms with Crippen molar-refractivity contribution in [1.29, 1.82) is 0 Å². The van der Waals surface area contributed by atoms with E-state index in [1.807, 2.05) is 12.1 Å². The molecule has 2 aromatic rings. The molecule has 1 fully saturated rings. The lowest BCUT2D eigenvalue weighted by atomic mass is 9.97. The number of aryl methyl sites for hydroxylation is 2. The Hall–Kier alpha value is -2.10. The van der Waals surface area contributed by atoms with Crippen molar-refractivity contribution < 1.29 is 0 Å². The lowest BCUT2D eigenvalue weighted by Gasteiger charge is -2.12. The van der Waals surface area contributed by atoms with Crippen molar-refractivity contribution in [1.82, 2.24) is 9.13 Å². The second-order valence-corrected chi connectivity index (χ2v) is 6.32. The Morgan fingerprint density at radius 1 is 1.09 bits per heavy atom. The normalized spacial score (nSPS) is 15.4. The minimum Gasteiger partial charge on any atom is -0.303 e. The Bertz CT molecular complexity index is 744. The third-order valence-electron chi connectivity index (χ3n) is 4.65.